The molecule has 36 heavy (non-hydrogen) atoms. The van der Waals surface area contributed by atoms with Crippen LogP contribution in [0.4, 0.5) is 5.69 Å². The number of rotatable bonds is 7. The number of ether oxygens (including phenoxy) is 1. The Morgan fingerprint density at radius 3 is 2.39 bits per heavy atom. The zero-order valence-corrected chi connectivity index (χ0v) is 22.0. The molecule has 1 saturated heterocycles. The summed E-state index contributed by atoms with van der Waals surface area (Å²) in [6, 6.07) is 8.78. The number of hydrogen-bond donors (Lipinski definition) is 2. The van der Waals surface area contributed by atoms with E-state index in [0.29, 0.717) is 17.0 Å². The number of methoxy groups -OCH3 is 1. The largest absolute Gasteiger partial charge is 0.495 e. The van der Waals surface area contributed by atoms with Gasteiger partial charge < -0.3 is 15.4 Å². The molecule has 7 nitrogen and oxygen atoms in total. The van der Waals surface area contributed by atoms with Gasteiger partial charge in [-0.05, 0) is 61.4 Å². The number of carbonyl (C=O) groups is 2. The van der Waals surface area contributed by atoms with Crippen LogP contribution >= 0.6 is 0 Å². The van der Waals surface area contributed by atoms with Crippen LogP contribution in [0.25, 0.3) is 0 Å². The molecule has 0 spiro atoms. The summed E-state index contributed by atoms with van der Waals surface area (Å²) in [5, 5.41) is 6.59. The number of nitrogens with zero attached hydrogens (tertiary/aromatic N) is 2. The number of carbonyl (C=O) groups excluding carboxylic acids is 2. The van der Waals surface area contributed by atoms with Gasteiger partial charge in [0, 0.05) is 23.5 Å². The summed E-state index contributed by atoms with van der Waals surface area (Å²) in [7, 11) is 1.58. The van der Waals surface area contributed by atoms with Crippen LogP contribution in [0.15, 0.2) is 42.7 Å². The van der Waals surface area contributed by atoms with Crippen molar-refractivity contribution in [1.82, 2.24) is 15.6 Å². The molecule has 1 aromatic carbocycles. The standard InChI is InChI=1S/C29H40N4O3/c1-29(2,3)21-12-14-23(15-13-21)33(28(35)25-11-8-16-31-25)26(20-17-24(36-4)19-30-18-20)27(34)32-22-9-6-5-7-10-22/h12-15,17-19,22,25-26,31H,5-11,16H2,1-4H3,(H,32,34)/t25-,26?/m1/s1. The Hall–Kier alpha value is -2.93. The van der Waals surface area contributed by atoms with E-state index < -0.39 is 6.04 Å². The third-order valence-electron chi connectivity index (χ3n) is 7.35. The minimum absolute atomic E-state index is 0.0190. The average molecular weight is 493 g/mol. The lowest BCUT2D eigenvalue weighted by atomic mass is 9.87. The fourth-order valence-electron chi connectivity index (χ4n) is 5.23. The van der Waals surface area contributed by atoms with Crippen molar-refractivity contribution in [2.45, 2.75) is 89.3 Å². The molecule has 1 unspecified atom stereocenters. The van der Waals surface area contributed by atoms with E-state index in [1.165, 1.54) is 12.0 Å². The van der Waals surface area contributed by atoms with E-state index in [0.717, 1.165) is 45.1 Å². The van der Waals surface area contributed by atoms with Crippen molar-refractivity contribution in [1.29, 1.82) is 0 Å². The second kappa shape index (κ2) is 11.4. The first kappa shape index (κ1) is 26.1. The number of pyridine rings is 1. The Bertz CT molecular complexity index is 1040. The van der Waals surface area contributed by atoms with Gasteiger partial charge in [0.15, 0.2) is 0 Å². The average Bonchev–Trinajstić information content (AvgIpc) is 3.42. The van der Waals surface area contributed by atoms with E-state index in [2.05, 4.69) is 48.5 Å². The van der Waals surface area contributed by atoms with Gasteiger partial charge in [0.2, 0.25) is 11.8 Å². The predicted molar refractivity (Wildman–Crippen MR) is 142 cm³/mol. The van der Waals surface area contributed by atoms with Crippen molar-refractivity contribution in [2.75, 3.05) is 18.6 Å². The molecule has 2 amide bonds. The van der Waals surface area contributed by atoms with Crippen LogP contribution in [-0.2, 0) is 15.0 Å². The monoisotopic (exact) mass is 492 g/mol. The first-order valence-corrected chi connectivity index (χ1v) is 13.2. The highest BCUT2D eigenvalue weighted by atomic mass is 16.5. The van der Waals surface area contributed by atoms with Gasteiger partial charge in [-0.25, -0.2) is 0 Å². The predicted octanol–water partition coefficient (Wildman–Crippen LogP) is 4.66. The minimum atomic E-state index is -0.857. The second-order valence-corrected chi connectivity index (χ2v) is 11.1. The van der Waals surface area contributed by atoms with Crippen molar-refractivity contribution in [3.05, 3.63) is 53.9 Å². The highest BCUT2D eigenvalue weighted by Gasteiger charge is 2.38. The van der Waals surface area contributed by atoms with Gasteiger partial charge in [-0.2, -0.15) is 0 Å². The number of hydrogen-bond acceptors (Lipinski definition) is 5. The summed E-state index contributed by atoms with van der Waals surface area (Å²) in [4.78, 5) is 34.0. The lowest BCUT2D eigenvalue weighted by molar-refractivity contribution is -0.128. The van der Waals surface area contributed by atoms with E-state index in [9.17, 15) is 9.59 Å². The van der Waals surface area contributed by atoms with Crippen LogP contribution in [0.2, 0.25) is 0 Å². The zero-order valence-electron chi connectivity index (χ0n) is 22.0. The molecule has 0 bridgehead atoms. The van der Waals surface area contributed by atoms with Crippen LogP contribution in [0.5, 0.6) is 5.75 Å². The molecule has 1 saturated carbocycles. The molecule has 0 radical (unpaired) electrons. The fraction of sp³-hybridized carbons (Fsp3) is 0.552. The van der Waals surface area contributed by atoms with Crippen LogP contribution in [0, 0.1) is 0 Å². The molecule has 2 fully saturated rings. The molecule has 2 aromatic rings. The Labute approximate surface area is 215 Å². The van der Waals surface area contributed by atoms with Crippen molar-refractivity contribution in [3.8, 4) is 5.75 Å². The van der Waals surface area contributed by atoms with Gasteiger partial charge in [0.05, 0.1) is 19.3 Å². The maximum atomic E-state index is 14.0. The van der Waals surface area contributed by atoms with E-state index in [4.69, 9.17) is 4.74 Å². The molecule has 2 aliphatic rings. The van der Waals surface area contributed by atoms with Gasteiger partial charge in [-0.15, -0.1) is 0 Å². The highest BCUT2D eigenvalue weighted by Crippen LogP contribution is 2.33. The molecule has 2 heterocycles. The molecular formula is C29H40N4O3. The molecule has 4 rings (SSSR count). The Morgan fingerprint density at radius 2 is 1.78 bits per heavy atom. The molecule has 1 aliphatic carbocycles. The summed E-state index contributed by atoms with van der Waals surface area (Å²) in [6.07, 6.45) is 10.3. The first-order valence-electron chi connectivity index (χ1n) is 13.2. The van der Waals surface area contributed by atoms with Gasteiger partial charge in [-0.1, -0.05) is 52.2 Å². The molecule has 2 N–H and O–H groups in total. The second-order valence-electron chi connectivity index (χ2n) is 11.1. The van der Waals surface area contributed by atoms with E-state index >= 15 is 0 Å². The Morgan fingerprint density at radius 1 is 1.06 bits per heavy atom. The van der Waals surface area contributed by atoms with Crippen LogP contribution in [0.1, 0.15) is 82.9 Å². The smallest absolute Gasteiger partial charge is 0.248 e. The normalized spacial score (nSPS) is 19.5. The van der Waals surface area contributed by atoms with E-state index in [1.807, 2.05) is 18.2 Å². The molecular weight excluding hydrogens is 452 g/mol. The quantitative estimate of drug-likeness (QED) is 0.587. The molecule has 194 valence electrons. The number of aromatic nitrogens is 1. The van der Waals surface area contributed by atoms with Crippen LogP contribution < -0.4 is 20.3 Å². The Balaban J connectivity index is 1.78. The van der Waals surface area contributed by atoms with Crippen LogP contribution in [-0.4, -0.2) is 42.5 Å². The van der Waals surface area contributed by atoms with Gasteiger partial charge in [-0.3, -0.25) is 19.5 Å². The summed E-state index contributed by atoms with van der Waals surface area (Å²) < 4.78 is 5.42. The van der Waals surface area contributed by atoms with E-state index in [-0.39, 0.29) is 29.3 Å². The van der Waals surface area contributed by atoms with Crippen molar-refractivity contribution in [3.63, 3.8) is 0 Å². The molecule has 1 aliphatic heterocycles. The van der Waals surface area contributed by atoms with Crippen LogP contribution in [0.3, 0.4) is 0 Å². The van der Waals surface area contributed by atoms with Crippen molar-refractivity contribution in [2.24, 2.45) is 0 Å². The lowest BCUT2D eigenvalue weighted by Crippen LogP contribution is -2.51. The zero-order chi connectivity index (χ0) is 25.7. The number of nitrogens with one attached hydrogen (secondary N) is 2. The van der Waals surface area contributed by atoms with Crippen molar-refractivity contribution < 1.29 is 14.3 Å². The minimum Gasteiger partial charge on any atom is -0.495 e. The third-order valence-corrected chi connectivity index (χ3v) is 7.35. The summed E-state index contributed by atoms with van der Waals surface area (Å²) in [5.41, 5.74) is 2.49. The number of amides is 2. The molecule has 1 aromatic heterocycles. The third kappa shape index (κ3) is 6.06. The lowest BCUT2D eigenvalue weighted by Gasteiger charge is -2.35. The maximum Gasteiger partial charge on any atom is 0.248 e. The summed E-state index contributed by atoms with van der Waals surface area (Å²) >= 11 is 0. The van der Waals surface area contributed by atoms with Gasteiger partial charge >= 0.3 is 0 Å². The fourth-order valence-corrected chi connectivity index (χ4v) is 5.23. The first-order chi connectivity index (χ1) is 17.3. The van der Waals surface area contributed by atoms with E-state index in [1.54, 1.807) is 24.4 Å². The van der Waals surface area contributed by atoms with Crippen molar-refractivity contribution >= 4 is 17.5 Å². The molecule has 2 atom stereocenters. The molecule has 7 heteroatoms. The number of benzene rings is 1. The summed E-state index contributed by atoms with van der Waals surface area (Å²) in [5.74, 6) is 0.281. The Kier molecular flexibility index (Phi) is 8.29. The van der Waals surface area contributed by atoms with Gasteiger partial charge in [0.25, 0.3) is 0 Å². The number of anilines is 1. The maximum absolute atomic E-state index is 14.0. The highest BCUT2D eigenvalue weighted by molar-refractivity contribution is 6.04. The SMILES string of the molecule is COc1cncc(C(C(=O)NC2CCCCC2)N(C(=O)[C@H]2CCCN2)c2ccc(C(C)(C)C)cc2)c1. The summed E-state index contributed by atoms with van der Waals surface area (Å²) in [6.45, 7) is 7.29. The topological polar surface area (TPSA) is 83.6 Å². The van der Waals surface area contributed by atoms with Gasteiger partial charge in [0.1, 0.15) is 11.8 Å².